The highest BCUT2D eigenvalue weighted by Crippen LogP contribution is 2.13. The summed E-state index contributed by atoms with van der Waals surface area (Å²) in [5.41, 5.74) is 2.01. The van der Waals surface area contributed by atoms with Crippen LogP contribution < -0.4 is 10.9 Å². The number of nitrogens with zero attached hydrogens (tertiary/aromatic N) is 2. The minimum absolute atomic E-state index is 0. The van der Waals surface area contributed by atoms with Crippen molar-refractivity contribution in [1.82, 2.24) is 14.8 Å². The van der Waals surface area contributed by atoms with Crippen LogP contribution in [0.5, 0.6) is 0 Å². The van der Waals surface area contributed by atoms with Gasteiger partial charge in [-0.05, 0) is 17.5 Å². The number of fused-ring (bicyclic) bond motifs is 1. The highest BCUT2D eigenvalue weighted by molar-refractivity contribution is 5.85. The van der Waals surface area contributed by atoms with Crippen molar-refractivity contribution in [2.24, 2.45) is 7.05 Å². The summed E-state index contributed by atoms with van der Waals surface area (Å²) in [6.07, 6.45) is 0. The second kappa shape index (κ2) is 7.80. The van der Waals surface area contributed by atoms with Crippen molar-refractivity contribution in [2.75, 3.05) is 26.2 Å². The Morgan fingerprint density at radius 3 is 2.52 bits per heavy atom. The van der Waals surface area contributed by atoms with Crippen molar-refractivity contribution >= 4 is 35.7 Å². The Labute approximate surface area is 137 Å². The summed E-state index contributed by atoms with van der Waals surface area (Å²) in [5.74, 6) is 0. The van der Waals surface area contributed by atoms with E-state index in [0.717, 1.165) is 49.2 Å². The Balaban J connectivity index is 0.00000110. The third-order valence-electron chi connectivity index (χ3n) is 3.81. The first-order valence-electron chi connectivity index (χ1n) is 6.76. The molecule has 0 atom stereocenters. The predicted octanol–water partition coefficient (Wildman–Crippen LogP) is 1.79. The highest BCUT2D eigenvalue weighted by atomic mass is 35.5. The lowest BCUT2D eigenvalue weighted by Crippen LogP contribution is -2.43. The maximum Gasteiger partial charge on any atom is 0.255 e. The third-order valence-corrected chi connectivity index (χ3v) is 3.81. The Hall–Kier alpha value is -1.07. The van der Waals surface area contributed by atoms with Gasteiger partial charge in [-0.3, -0.25) is 9.69 Å². The van der Waals surface area contributed by atoms with Crippen molar-refractivity contribution in [1.29, 1.82) is 0 Å². The number of rotatable bonds is 2. The predicted molar refractivity (Wildman–Crippen MR) is 91.8 cm³/mol. The molecule has 1 aliphatic rings. The van der Waals surface area contributed by atoms with Gasteiger partial charge in [-0.25, -0.2) is 0 Å². The molecule has 2 aromatic rings. The summed E-state index contributed by atoms with van der Waals surface area (Å²) in [6, 6.07) is 10.1. The van der Waals surface area contributed by atoms with Gasteiger partial charge in [0.1, 0.15) is 0 Å². The summed E-state index contributed by atoms with van der Waals surface area (Å²) >= 11 is 0. The number of nitrogens with one attached hydrogen (secondary N) is 1. The van der Waals surface area contributed by atoms with Gasteiger partial charge in [0.15, 0.2) is 0 Å². The van der Waals surface area contributed by atoms with Gasteiger partial charge in [0.25, 0.3) is 5.56 Å². The highest BCUT2D eigenvalue weighted by Gasteiger charge is 2.13. The molecule has 0 saturated carbocycles. The van der Waals surface area contributed by atoms with Crippen LogP contribution in [-0.4, -0.2) is 35.6 Å². The molecule has 1 fully saturated rings. The van der Waals surface area contributed by atoms with E-state index in [-0.39, 0.29) is 30.4 Å². The second-order valence-corrected chi connectivity index (χ2v) is 5.12. The largest absolute Gasteiger partial charge is 0.314 e. The molecular formula is C15H21Cl2N3O. The molecule has 1 aromatic heterocycles. The minimum Gasteiger partial charge on any atom is -0.314 e. The molecule has 0 unspecified atom stereocenters. The molecule has 0 spiro atoms. The zero-order valence-corrected chi connectivity index (χ0v) is 13.7. The van der Waals surface area contributed by atoms with Crippen LogP contribution in [-0.2, 0) is 13.6 Å². The number of para-hydroxylation sites is 1. The van der Waals surface area contributed by atoms with E-state index in [0.29, 0.717) is 0 Å². The number of aryl methyl sites for hydroxylation is 1. The number of benzene rings is 1. The fraction of sp³-hybridized carbons (Fsp3) is 0.400. The van der Waals surface area contributed by atoms with E-state index in [1.807, 2.05) is 31.3 Å². The molecule has 2 heterocycles. The van der Waals surface area contributed by atoms with Gasteiger partial charge >= 0.3 is 0 Å². The van der Waals surface area contributed by atoms with Gasteiger partial charge in [-0.2, -0.15) is 0 Å². The lowest BCUT2D eigenvalue weighted by molar-refractivity contribution is 0.232. The number of piperazine rings is 1. The lowest BCUT2D eigenvalue weighted by Gasteiger charge is -2.27. The standard InChI is InChI=1S/C15H19N3O.2ClH/c1-17-14-5-3-2-4-12(14)10-13(15(17)19)11-18-8-6-16-7-9-18;;/h2-5,10,16H,6-9,11H2,1H3;2*1H. The van der Waals surface area contributed by atoms with E-state index < -0.39 is 0 Å². The van der Waals surface area contributed by atoms with Crippen molar-refractivity contribution < 1.29 is 0 Å². The maximum absolute atomic E-state index is 12.4. The molecular weight excluding hydrogens is 309 g/mol. The Morgan fingerprint density at radius 2 is 1.81 bits per heavy atom. The van der Waals surface area contributed by atoms with Crippen LogP contribution in [0.3, 0.4) is 0 Å². The number of aromatic nitrogens is 1. The van der Waals surface area contributed by atoms with Crippen molar-refractivity contribution in [2.45, 2.75) is 6.54 Å². The fourth-order valence-corrected chi connectivity index (χ4v) is 2.71. The van der Waals surface area contributed by atoms with E-state index in [1.165, 1.54) is 0 Å². The zero-order valence-electron chi connectivity index (χ0n) is 12.0. The van der Waals surface area contributed by atoms with Crippen molar-refractivity contribution in [3.63, 3.8) is 0 Å². The number of pyridine rings is 1. The minimum atomic E-state index is 0. The van der Waals surface area contributed by atoms with Gasteiger partial charge < -0.3 is 9.88 Å². The zero-order chi connectivity index (χ0) is 13.2. The normalized spacial score (nSPS) is 15.3. The topological polar surface area (TPSA) is 37.3 Å². The fourth-order valence-electron chi connectivity index (χ4n) is 2.71. The molecule has 0 radical (unpaired) electrons. The summed E-state index contributed by atoms with van der Waals surface area (Å²) in [6.45, 7) is 4.78. The number of hydrogen-bond acceptors (Lipinski definition) is 3. The SMILES string of the molecule is Cl.Cl.Cn1c(=O)c(CN2CCNCC2)cc2ccccc21. The van der Waals surface area contributed by atoms with Gasteiger partial charge in [-0.15, -0.1) is 24.8 Å². The average Bonchev–Trinajstić information content (AvgIpc) is 2.46. The number of hydrogen-bond donors (Lipinski definition) is 1. The van der Waals surface area contributed by atoms with Gasteiger partial charge in [-0.1, -0.05) is 18.2 Å². The Morgan fingerprint density at radius 1 is 1.14 bits per heavy atom. The number of halogens is 2. The molecule has 0 aliphatic carbocycles. The molecule has 3 rings (SSSR count). The van der Waals surface area contributed by atoms with Crippen molar-refractivity contribution in [3.05, 3.63) is 46.2 Å². The van der Waals surface area contributed by atoms with Crippen molar-refractivity contribution in [3.8, 4) is 0 Å². The first-order valence-corrected chi connectivity index (χ1v) is 6.76. The van der Waals surface area contributed by atoms with E-state index in [9.17, 15) is 4.79 Å². The summed E-state index contributed by atoms with van der Waals surface area (Å²) in [4.78, 5) is 14.7. The third kappa shape index (κ3) is 3.77. The van der Waals surface area contributed by atoms with E-state index >= 15 is 0 Å². The van der Waals surface area contributed by atoms with Gasteiger partial charge in [0, 0.05) is 45.3 Å². The first kappa shape index (κ1) is 18.0. The molecule has 0 amide bonds. The maximum atomic E-state index is 12.4. The smallest absolute Gasteiger partial charge is 0.255 e. The van der Waals surface area contributed by atoms with Crippen LogP contribution in [0.15, 0.2) is 35.1 Å². The van der Waals surface area contributed by atoms with Crippen LogP contribution in [0.1, 0.15) is 5.56 Å². The first-order chi connectivity index (χ1) is 9.25. The molecule has 1 N–H and O–H groups in total. The van der Waals surface area contributed by atoms with Crippen LogP contribution in [0.2, 0.25) is 0 Å². The molecule has 1 aromatic carbocycles. The molecule has 21 heavy (non-hydrogen) atoms. The van der Waals surface area contributed by atoms with E-state index in [2.05, 4.69) is 16.3 Å². The summed E-state index contributed by atoms with van der Waals surface area (Å²) in [7, 11) is 1.85. The van der Waals surface area contributed by atoms with E-state index in [1.54, 1.807) is 4.57 Å². The molecule has 1 aliphatic heterocycles. The Bertz CT molecular complexity index is 651. The van der Waals surface area contributed by atoms with Crippen LogP contribution in [0, 0.1) is 0 Å². The quantitative estimate of drug-likeness (QED) is 0.912. The molecule has 6 heteroatoms. The van der Waals surface area contributed by atoms with Crippen LogP contribution in [0.4, 0.5) is 0 Å². The van der Waals surface area contributed by atoms with Gasteiger partial charge in [0.2, 0.25) is 0 Å². The van der Waals surface area contributed by atoms with Gasteiger partial charge in [0.05, 0.1) is 5.52 Å². The lowest BCUT2D eigenvalue weighted by atomic mass is 10.1. The summed E-state index contributed by atoms with van der Waals surface area (Å²) < 4.78 is 1.76. The Kier molecular flexibility index (Phi) is 6.68. The summed E-state index contributed by atoms with van der Waals surface area (Å²) in [5, 5.41) is 4.47. The second-order valence-electron chi connectivity index (χ2n) is 5.12. The van der Waals surface area contributed by atoms with E-state index in [4.69, 9.17) is 0 Å². The molecule has 4 nitrogen and oxygen atoms in total. The van der Waals surface area contributed by atoms with Crippen LogP contribution in [0.25, 0.3) is 10.9 Å². The monoisotopic (exact) mass is 329 g/mol. The average molecular weight is 330 g/mol. The molecule has 1 saturated heterocycles. The molecule has 0 bridgehead atoms. The van der Waals surface area contributed by atoms with Crippen LogP contribution >= 0.6 is 24.8 Å². The molecule has 116 valence electrons.